The lowest BCUT2D eigenvalue weighted by atomic mass is 10.2. The number of ether oxygens (including phenoxy) is 2. The van der Waals surface area contributed by atoms with E-state index in [1.807, 2.05) is 20.8 Å². The van der Waals surface area contributed by atoms with Gasteiger partial charge in [-0.3, -0.25) is 15.0 Å². The molecule has 28 heavy (non-hydrogen) atoms. The zero-order chi connectivity index (χ0) is 20.9. The highest BCUT2D eigenvalue weighted by molar-refractivity contribution is 6.32. The Bertz CT molecular complexity index is 712. The number of halogens is 1. The van der Waals surface area contributed by atoms with Crippen molar-refractivity contribution in [3.8, 4) is 5.75 Å². The Hall–Kier alpha value is -2.06. The van der Waals surface area contributed by atoms with E-state index in [4.69, 9.17) is 21.1 Å². The highest BCUT2D eigenvalue weighted by Crippen LogP contribution is 2.31. The normalized spacial score (nSPS) is 15.4. The van der Waals surface area contributed by atoms with E-state index in [1.165, 1.54) is 12.1 Å². The quantitative estimate of drug-likeness (QED) is 0.399. The van der Waals surface area contributed by atoms with Crippen molar-refractivity contribution in [2.75, 3.05) is 39.3 Å². The van der Waals surface area contributed by atoms with Crippen LogP contribution in [0.25, 0.3) is 0 Å². The molecule has 0 saturated carbocycles. The van der Waals surface area contributed by atoms with Crippen molar-refractivity contribution in [1.29, 1.82) is 0 Å². The number of amides is 1. The van der Waals surface area contributed by atoms with Crippen LogP contribution in [-0.4, -0.2) is 65.7 Å². The fourth-order valence-corrected chi connectivity index (χ4v) is 3.12. The molecule has 1 aromatic carbocycles. The largest absolute Gasteiger partial charge is 0.493 e. The van der Waals surface area contributed by atoms with Crippen molar-refractivity contribution in [2.45, 2.75) is 39.7 Å². The number of aryl methyl sites for hydroxylation is 1. The second-order valence-corrected chi connectivity index (χ2v) is 8.24. The molecule has 156 valence electrons. The van der Waals surface area contributed by atoms with E-state index in [-0.39, 0.29) is 16.8 Å². The van der Waals surface area contributed by atoms with Gasteiger partial charge in [-0.1, -0.05) is 11.6 Å². The minimum atomic E-state index is -0.504. The molecule has 1 aliphatic heterocycles. The van der Waals surface area contributed by atoms with Gasteiger partial charge < -0.3 is 14.4 Å². The first-order valence-electron chi connectivity index (χ1n) is 9.34. The number of hydrogen-bond donors (Lipinski definition) is 0. The zero-order valence-electron chi connectivity index (χ0n) is 16.9. The second kappa shape index (κ2) is 9.43. The van der Waals surface area contributed by atoms with Gasteiger partial charge in [-0.25, -0.2) is 4.79 Å². The number of rotatable bonds is 6. The van der Waals surface area contributed by atoms with E-state index >= 15 is 0 Å². The molecule has 1 amide bonds. The van der Waals surface area contributed by atoms with E-state index in [0.29, 0.717) is 31.0 Å². The van der Waals surface area contributed by atoms with Gasteiger partial charge in [0.2, 0.25) is 0 Å². The molecule has 1 fully saturated rings. The van der Waals surface area contributed by atoms with Gasteiger partial charge in [0.15, 0.2) is 0 Å². The molecule has 0 aliphatic carbocycles. The SMILES string of the molecule is Cc1cc([N+](=O)[O-])c(Cl)cc1OCCCN1CCN(C(=O)OC(C)(C)C)CC1. The maximum absolute atomic E-state index is 12.1. The number of nitro benzene ring substituents is 1. The number of nitrogens with zero attached hydrogens (tertiary/aromatic N) is 3. The highest BCUT2D eigenvalue weighted by atomic mass is 35.5. The molecule has 1 aliphatic rings. The standard InChI is InChI=1S/C19H28ClN3O5/c1-14-12-16(23(25)26)15(20)13-17(14)27-11-5-6-21-7-9-22(10-8-21)18(24)28-19(2,3)4/h12-13H,5-11H2,1-4H3. The summed E-state index contributed by atoms with van der Waals surface area (Å²) in [4.78, 5) is 26.5. The number of nitro groups is 1. The predicted octanol–water partition coefficient (Wildman–Crippen LogP) is 3.88. The van der Waals surface area contributed by atoms with Gasteiger partial charge in [0, 0.05) is 44.9 Å². The molecule has 9 heteroatoms. The first kappa shape index (κ1) is 22.2. The molecular formula is C19H28ClN3O5. The van der Waals surface area contributed by atoms with Gasteiger partial charge in [-0.2, -0.15) is 0 Å². The topological polar surface area (TPSA) is 85.2 Å². The molecule has 0 unspecified atom stereocenters. The smallest absolute Gasteiger partial charge is 0.410 e. The van der Waals surface area contributed by atoms with Gasteiger partial charge in [0.1, 0.15) is 16.4 Å². The van der Waals surface area contributed by atoms with Crippen molar-refractivity contribution >= 4 is 23.4 Å². The van der Waals surface area contributed by atoms with Crippen LogP contribution in [0.1, 0.15) is 32.8 Å². The minimum absolute atomic E-state index is 0.0730. The summed E-state index contributed by atoms with van der Waals surface area (Å²) in [6.45, 7) is 11.6. The lowest BCUT2D eigenvalue weighted by Gasteiger charge is -2.35. The Morgan fingerprint density at radius 2 is 1.89 bits per heavy atom. The van der Waals surface area contributed by atoms with E-state index < -0.39 is 10.5 Å². The molecule has 0 radical (unpaired) electrons. The molecule has 0 bridgehead atoms. The summed E-state index contributed by atoms with van der Waals surface area (Å²) >= 11 is 5.94. The Morgan fingerprint density at radius 3 is 2.46 bits per heavy atom. The fourth-order valence-electron chi connectivity index (χ4n) is 2.89. The number of benzene rings is 1. The lowest BCUT2D eigenvalue weighted by molar-refractivity contribution is -0.384. The number of carbonyl (C=O) groups excluding carboxylic acids is 1. The molecule has 1 saturated heterocycles. The Kier molecular flexibility index (Phi) is 7.48. The Labute approximate surface area is 170 Å². The summed E-state index contributed by atoms with van der Waals surface area (Å²) in [5.74, 6) is 0.561. The third-order valence-corrected chi connectivity index (χ3v) is 4.64. The van der Waals surface area contributed by atoms with Gasteiger partial charge >= 0.3 is 6.09 Å². The molecule has 2 rings (SSSR count). The maximum atomic E-state index is 12.1. The van der Waals surface area contributed by atoms with Gasteiger partial charge in [0.25, 0.3) is 5.69 Å². The van der Waals surface area contributed by atoms with Crippen LogP contribution in [0.5, 0.6) is 5.75 Å². The van der Waals surface area contributed by atoms with Crippen LogP contribution in [0.2, 0.25) is 5.02 Å². The van der Waals surface area contributed by atoms with Crippen molar-refractivity contribution in [3.05, 3.63) is 32.8 Å². The van der Waals surface area contributed by atoms with Crippen LogP contribution >= 0.6 is 11.6 Å². The summed E-state index contributed by atoms with van der Waals surface area (Å²) in [7, 11) is 0. The van der Waals surface area contributed by atoms with Crippen LogP contribution in [0, 0.1) is 17.0 Å². The number of carbonyl (C=O) groups is 1. The van der Waals surface area contributed by atoms with Crippen LogP contribution in [-0.2, 0) is 4.74 Å². The molecule has 0 aromatic heterocycles. The number of hydrogen-bond acceptors (Lipinski definition) is 6. The minimum Gasteiger partial charge on any atom is -0.493 e. The lowest BCUT2D eigenvalue weighted by Crippen LogP contribution is -2.50. The summed E-state index contributed by atoms with van der Waals surface area (Å²) < 4.78 is 11.1. The molecule has 8 nitrogen and oxygen atoms in total. The van der Waals surface area contributed by atoms with Gasteiger partial charge in [-0.15, -0.1) is 0 Å². The van der Waals surface area contributed by atoms with E-state index in [2.05, 4.69) is 4.90 Å². The van der Waals surface area contributed by atoms with Crippen LogP contribution in [0.4, 0.5) is 10.5 Å². The van der Waals surface area contributed by atoms with Gasteiger partial charge in [-0.05, 0) is 39.7 Å². The highest BCUT2D eigenvalue weighted by Gasteiger charge is 2.25. The zero-order valence-corrected chi connectivity index (χ0v) is 17.6. The average molecular weight is 414 g/mol. The fraction of sp³-hybridized carbons (Fsp3) is 0.632. The third-order valence-electron chi connectivity index (χ3n) is 4.34. The van der Waals surface area contributed by atoms with Crippen molar-refractivity contribution < 1.29 is 19.2 Å². The third kappa shape index (κ3) is 6.53. The van der Waals surface area contributed by atoms with E-state index in [9.17, 15) is 14.9 Å². The molecule has 0 N–H and O–H groups in total. The van der Waals surface area contributed by atoms with Crippen LogP contribution in [0.15, 0.2) is 12.1 Å². The maximum Gasteiger partial charge on any atom is 0.410 e. The predicted molar refractivity (Wildman–Crippen MR) is 107 cm³/mol. The number of piperazine rings is 1. The first-order valence-corrected chi connectivity index (χ1v) is 9.72. The molecule has 0 spiro atoms. The molecular weight excluding hydrogens is 386 g/mol. The van der Waals surface area contributed by atoms with Crippen molar-refractivity contribution in [1.82, 2.24) is 9.80 Å². The van der Waals surface area contributed by atoms with Gasteiger partial charge in [0.05, 0.1) is 11.5 Å². The second-order valence-electron chi connectivity index (χ2n) is 7.84. The summed E-state index contributed by atoms with van der Waals surface area (Å²) in [5, 5.41) is 11.0. The average Bonchev–Trinajstić information content (AvgIpc) is 2.60. The molecule has 1 aromatic rings. The first-order chi connectivity index (χ1) is 13.1. The van der Waals surface area contributed by atoms with Crippen molar-refractivity contribution in [3.63, 3.8) is 0 Å². The van der Waals surface area contributed by atoms with E-state index in [1.54, 1.807) is 11.8 Å². The summed E-state index contributed by atoms with van der Waals surface area (Å²) in [6.07, 6.45) is 0.543. The Balaban J connectivity index is 1.72. The molecule has 0 atom stereocenters. The Morgan fingerprint density at radius 1 is 1.25 bits per heavy atom. The van der Waals surface area contributed by atoms with Crippen LogP contribution in [0.3, 0.4) is 0 Å². The molecule has 1 heterocycles. The summed E-state index contributed by atoms with van der Waals surface area (Å²) in [5.41, 5.74) is 0.0845. The van der Waals surface area contributed by atoms with Crippen LogP contribution < -0.4 is 4.74 Å². The van der Waals surface area contributed by atoms with Crippen molar-refractivity contribution in [2.24, 2.45) is 0 Å². The van der Waals surface area contributed by atoms with E-state index in [0.717, 1.165) is 26.1 Å². The monoisotopic (exact) mass is 413 g/mol. The summed E-state index contributed by atoms with van der Waals surface area (Å²) in [6, 6.07) is 2.92.